The van der Waals surface area contributed by atoms with Crippen molar-refractivity contribution in [2.45, 2.75) is 6.18 Å². The van der Waals surface area contributed by atoms with Crippen LogP contribution in [0, 0.1) is 5.82 Å². The Morgan fingerprint density at radius 1 is 1.19 bits per heavy atom. The van der Waals surface area contributed by atoms with E-state index in [0.717, 1.165) is 18.2 Å². The summed E-state index contributed by atoms with van der Waals surface area (Å²) in [5.41, 5.74) is -1.93. The summed E-state index contributed by atoms with van der Waals surface area (Å²) >= 11 is 0. The first-order chi connectivity index (χ1) is 7.41. The number of aromatic amines is 1. The summed E-state index contributed by atoms with van der Waals surface area (Å²) in [5, 5.41) is -1.01. The van der Waals surface area contributed by atoms with Gasteiger partial charge >= 0.3 is 6.18 Å². The molecule has 0 unspecified atom stereocenters. The lowest BCUT2D eigenvalue weighted by Crippen LogP contribution is -2.14. The second kappa shape index (κ2) is 3.33. The summed E-state index contributed by atoms with van der Waals surface area (Å²) in [6.07, 6.45) is -4.08. The van der Waals surface area contributed by atoms with E-state index in [1.54, 1.807) is 0 Å². The average molecular weight is 231 g/mol. The van der Waals surface area contributed by atoms with Gasteiger partial charge in [-0.25, -0.2) is 4.39 Å². The van der Waals surface area contributed by atoms with E-state index in [1.807, 2.05) is 4.98 Å². The maximum absolute atomic E-state index is 13.2. The molecule has 0 radical (unpaired) electrons. The fourth-order valence-corrected chi connectivity index (χ4v) is 1.50. The molecular weight excluding hydrogens is 226 g/mol. The number of pyridine rings is 1. The molecule has 2 aromatic rings. The van der Waals surface area contributed by atoms with E-state index in [-0.39, 0.29) is 0 Å². The highest BCUT2D eigenvalue weighted by atomic mass is 19.4. The summed E-state index contributed by atoms with van der Waals surface area (Å²) in [4.78, 5) is 13.1. The number of halogens is 4. The molecule has 0 amide bonds. The van der Waals surface area contributed by atoms with Crippen molar-refractivity contribution in [3.05, 3.63) is 46.1 Å². The third-order valence-electron chi connectivity index (χ3n) is 2.18. The van der Waals surface area contributed by atoms with Crippen molar-refractivity contribution in [2.24, 2.45) is 0 Å². The molecule has 2 rings (SSSR count). The fourth-order valence-electron chi connectivity index (χ4n) is 1.50. The zero-order chi connectivity index (χ0) is 11.9. The minimum Gasteiger partial charge on any atom is -0.328 e. The Kier molecular flexibility index (Phi) is 2.22. The first-order valence-electron chi connectivity index (χ1n) is 4.28. The van der Waals surface area contributed by atoms with Crippen molar-refractivity contribution >= 4 is 10.8 Å². The first-order valence-corrected chi connectivity index (χ1v) is 4.28. The van der Waals surface area contributed by atoms with Crippen molar-refractivity contribution in [3.8, 4) is 0 Å². The van der Waals surface area contributed by atoms with Crippen LogP contribution in [0.15, 0.2) is 29.2 Å². The van der Waals surface area contributed by atoms with Gasteiger partial charge in [0.25, 0.3) is 5.56 Å². The van der Waals surface area contributed by atoms with E-state index in [4.69, 9.17) is 0 Å². The SMILES string of the molecule is O=c1[nH]cc(C(F)(F)F)c2cccc(F)c12. The standard InChI is InChI=1S/C10H5F4NO/c11-7-3-1-2-5-6(10(12,13)14)4-15-9(16)8(5)7/h1-4H,(H,15,16). The molecule has 0 spiro atoms. The van der Waals surface area contributed by atoms with Crippen LogP contribution in [0.1, 0.15) is 5.56 Å². The highest BCUT2D eigenvalue weighted by Gasteiger charge is 2.33. The van der Waals surface area contributed by atoms with Crippen LogP contribution in [0.4, 0.5) is 17.6 Å². The molecular formula is C10H5F4NO. The molecule has 6 heteroatoms. The number of rotatable bonds is 0. The highest BCUT2D eigenvalue weighted by molar-refractivity contribution is 5.85. The van der Waals surface area contributed by atoms with Crippen LogP contribution in [-0.2, 0) is 6.18 Å². The van der Waals surface area contributed by atoms with Gasteiger partial charge in [0.15, 0.2) is 0 Å². The number of hydrogen-bond donors (Lipinski definition) is 1. The Bertz CT molecular complexity index is 600. The molecule has 0 saturated carbocycles. The zero-order valence-corrected chi connectivity index (χ0v) is 7.73. The molecule has 2 nitrogen and oxygen atoms in total. The minimum absolute atomic E-state index is 0.434. The van der Waals surface area contributed by atoms with Crippen LogP contribution < -0.4 is 5.56 Å². The van der Waals surface area contributed by atoms with Gasteiger partial charge in [0.05, 0.1) is 10.9 Å². The van der Waals surface area contributed by atoms with Gasteiger partial charge in [0.1, 0.15) is 5.82 Å². The van der Waals surface area contributed by atoms with Crippen LogP contribution in [0.25, 0.3) is 10.8 Å². The van der Waals surface area contributed by atoms with E-state index in [1.165, 1.54) is 0 Å². The third-order valence-corrected chi connectivity index (χ3v) is 2.18. The number of hydrogen-bond acceptors (Lipinski definition) is 1. The number of benzene rings is 1. The van der Waals surface area contributed by atoms with E-state index in [0.29, 0.717) is 6.20 Å². The lowest BCUT2D eigenvalue weighted by molar-refractivity contribution is -0.136. The lowest BCUT2D eigenvalue weighted by atomic mass is 10.1. The summed E-state index contributed by atoms with van der Waals surface area (Å²) in [6.45, 7) is 0. The summed E-state index contributed by atoms with van der Waals surface area (Å²) < 4.78 is 50.8. The predicted molar refractivity (Wildman–Crippen MR) is 49.5 cm³/mol. The molecule has 0 aliphatic rings. The molecule has 84 valence electrons. The smallest absolute Gasteiger partial charge is 0.328 e. The number of nitrogens with one attached hydrogen (secondary N) is 1. The van der Waals surface area contributed by atoms with Gasteiger partial charge in [0, 0.05) is 11.6 Å². The van der Waals surface area contributed by atoms with Crippen molar-refractivity contribution < 1.29 is 17.6 Å². The average Bonchev–Trinajstić information content (AvgIpc) is 2.16. The van der Waals surface area contributed by atoms with Gasteiger partial charge in [-0.15, -0.1) is 0 Å². The normalized spacial score (nSPS) is 12.0. The van der Waals surface area contributed by atoms with Gasteiger partial charge < -0.3 is 4.98 Å². The van der Waals surface area contributed by atoms with Crippen LogP contribution in [0.2, 0.25) is 0 Å². The van der Waals surface area contributed by atoms with E-state index < -0.39 is 33.9 Å². The zero-order valence-electron chi connectivity index (χ0n) is 7.73. The second-order valence-electron chi connectivity index (χ2n) is 3.19. The summed E-state index contributed by atoms with van der Waals surface area (Å²) in [7, 11) is 0. The molecule has 1 aromatic carbocycles. The molecule has 0 atom stereocenters. The van der Waals surface area contributed by atoms with Crippen LogP contribution in [-0.4, -0.2) is 4.98 Å². The Hall–Kier alpha value is -1.85. The summed E-state index contributed by atoms with van der Waals surface area (Å²) in [5.74, 6) is -0.968. The van der Waals surface area contributed by atoms with Gasteiger partial charge in [0.2, 0.25) is 0 Å². The van der Waals surface area contributed by atoms with Gasteiger partial charge in [-0.05, 0) is 6.07 Å². The van der Waals surface area contributed by atoms with Crippen LogP contribution in [0.3, 0.4) is 0 Å². The number of H-pyrrole nitrogens is 1. The molecule has 1 aromatic heterocycles. The monoisotopic (exact) mass is 231 g/mol. The number of alkyl halides is 3. The second-order valence-corrected chi connectivity index (χ2v) is 3.19. The van der Waals surface area contributed by atoms with Gasteiger partial charge in [-0.2, -0.15) is 13.2 Å². The number of aromatic nitrogens is 1. The molecule has 1 N–H and O–H groups in total. The van der Waals surface area contributed by atoms with E-state index in [9.17, 15) is 22.4 Å². The molecule has 0 aliphatic heterocycles. The largest absolute Gasteiger partial charge is 0.418 e. The van der Waals surface area contributed by atoms with Crippen LogP contribution in [0.5, 0.6) is 0 Å². The van der Waals surface area contributed by atoms with Gasteiger partial charge in [-0.1, -0.05) is 12.1 Å². The molecule has 16 heavy (non-hydrogen) atoms. The summed E-state index contributed by atoms with van der Waals surface area (Å²) in [6, 6.07) is 3.14. The quantitative estimate of drug-likeness (QED) is 0.694. The lowest BCUT2D eigenvalue weighted by Gasteiger charge is -2.09. The molecule has 0 aliphatic carbocycles. The van der Waals surface area contributed by atoms with Crippen molar-refractivity contribution in [1.29, 1.82) is 0 Å². The predicted octanol–water partition coefficient (Wildman–Crippen LogP) is 2.69. The first kappa shape index (κ1) is 10.7. The maximum atomic E-state index is 13.2. The number of fused-ring (bicyclic) bond motifs is 1. The Morgan fingerprint density at radius 3 is 2.50 bits per heavy atom. The van der Waals surface area contributed by atoms with E-state index >= 15 is 0 Å². The van der Waals surface area contributed by atoms with Crippen molar-refractivity contribution in [1.82, 2.24) is 4.98 Å². The Balaban J connectivity index is 2.96. The third kappa shape index (κ3) is 1.56. The fraction of sp³-hybridized carbons (Fsp3) is 0.100. The molecule has 0 saturated heterocycles. The topological polar surface area (TPSA) is 32.9 Å². The molecule has 0 fully saturated rings. The minimum atomic E-state index is -4.63. The van der Waals surface area contributed by atoms with Crippen molar-refractivity contribution in [2.75, 3.05) is 0 Å². The Morgan fingerprint density at radius 2 is 1.88 bits per heavy atom. The van der Waals surface area contributed by atoms with Gasteiger partial charge in [-0.3, -0.25) is 4.79 Å². The van der Waals surface area contributed by atoms with Crippen LogP contribution >= 0.6 is 0 Å². The molecule has 1 heterocycles. The maximum Gasteiger partial charge on any atom is 0.418 e. The van der Waals surface area contributed by atoms with Crippen molar-refractivity contribution in [3.63, 3.8) is 0 Å². The highest BCUT2D eigenvalue weighted by Crippen LogP contribution is 2.33. The Labute approximate surface area is 86.5 Å². The molecule has 0 bridgehead atoms. The van der Waals surface area contributed by atoms with E-state index in [2.05, 4.69) is 0 Å².